The Morgan fingerprint density at radius 3 is 2.29 bits per heavy atom. The van der Waals surface area contributed by atoms with E-state index < -0.39 is 0 Å². The summed E-state index contributed by atoms with van der Waals surface area (Å²) in [6.45, 7) is 2.91. The number of fused-ring (bicyclic) bond motifs is 1. The molecular weight excluding hydrogens is 532 g/mol. The number of hydrogen-bond acceptors (Lipinski definition) is 6. The predicted molar refractivity (Wildman–Crippen MR) is 162 cm³/mol. The lowest BCUT2D eigenvalue weighted by atomic mass is 9.99. The van der Waals surface area contributed by atoms with Gasteiger partial charge in [0.15, 0.2) is 11.5 Å². The molecule has 9 heteroatoms. The van der Waals surface area contributed by atoms with Crippen LogP contribution < -0.4 is 36.6 Å². The highest BCUT2D eigenvalue weighted by molar-refractivity contribution is 5.94. The monoisotopic (exact) mass is 566 g/mol. The van der Waals surface area contributed by atoms with Crippen molar-refractivity contribution in [1.29, 1.82) is 0 Å². The van der Waals surface area contributed by atoms with Gasteiger partial charge in [-0.05, 0) is 65.1 Å². The van der Waals surface area contributed by atoms with E-state index in [9.17, 15) is 14.4 Å². The van der Waals surface area contributed by atoms with E-state index in [2.05, 4.69) is 15.2 Å². The SMILES string of the molecule is COc1cc2c(cc1OC)CN(CCNC(=O)c1ccc(C=c3[nH]c(=O)c(=Cc4ccccc4)n(C)c3=O)cc1)CC2. The lowest BCUT2D eigenvalue weighted by Crippen LogP contribution is -2.52. The molecule has 1 aromatic heterocycles. The first kappa shape index (κ1) is 28.6. The Kier molecular flexibility index (Phi) is 8.68. The molecule has 0 radical (unpaired) electrons. The summed E-state index contributed by atoms with van der Waals surface area (Å²) in [6.07, 6.45) is 4.19. The summed E-state index contributed by atoms with van der Waals surface area (Å²) >= 11 is 0. The first-order valence-corrected chi connectivity index (χ1v) is 13.8. The van der Waals surface area contributed by atoms with Crippen molar-refractivity contribution in [3.8, 4) is 11.5 Å². The Balaban J connectivity index is 1.22. The molecule has 5 rings (SSSR count). The van der Waals surface area contributed by atoms with Crippen molar-refractivity contribution >= 4 is 18.1 Å². The van der Waals surface area contributed by atoms with E-state index in [1.807, 2.05) is 42.5 Å². The van der Waals surface area contributed by atoms with E-state index in [0.29, 0.717) is 17.7 Å². The molecule has 1 aliphatic heterocycles. The fourth-order valence-electron chi connectivity index (χ4n) is 5.11. The second kappa shape index (κ2) is 12.7. The number of hydrogen-bond donors (Lipinski definition) is 2. The van der Waals surface area contributed by atoms with Gasteiger partial charge in [0.25, 0.3) is 17.0 Å². The average molecular weight is 567 g/mol. The molecule has 1 amide bonds. The molecular formula is C33H34N4O5. The van der Waals surface area contributed by atoms with Crippen LogP contribution in [0.1, 0.15) is 32.6 Å². The Morgan fingerprint density at radius 1 is 0.929 bits per heavy atom. The maximum absolute atomic E-state index is 13.0. The van der Waals surface area contributed by atoms with Crippen LogP contribution >= 0.6 is 0 Å². The first-order chi connectivity index (χ1) is 20.4. The smallest absolute Gasteiger partial charge is 0.274 e. The third-order valence-electron chi connectivity index (χ3n) is 7.47. The minimum absolute atomic E-state index is 0.170. The van der Waals surface area contributed by atoms with E-state index in [-0.39, 0.29) is 27.7 Å². The van der Waals surface area contributed by atoms with Gasteiger partial charge >= 0.3 is 0 Å². The van der Waals surface area contributed by atoms with E-state index in [4.69, 9.17) is 9.47 Å². The Bertz CT molecular complexity index is 1830. The third kappa shape index (κ3) is 6.37. The number of aromatic amines is 1. The summed E-state index contributed by atoms with van der Waals surface area (Å²) in [5.74, 6) is 1.29. The van der Waals surface area contributed by atoms with Gasteiger partial charge in [0, 0.05) is 38.8 Å². The molecule has 0 saturated carbocycles. The van der Waals surface area contributed by atoms with Crippen LogP contribution in [0.15, 0.2) is 76.3 Å². The molecule has 0 aliphatic carbocycles. The number of carbonyl (C=O) groups is 1. The van der Waals surface area contributed by atoms with Gasteiger partial charge in [0.05, 0.1) is 14.2 Å². The van der Waals surface area contributed by atoms with Crippen molar-refractivity contribution in [3.05, 3.63) is 126 Å². The average Bonchev–Trinajstić information content (AvgIpc) is 3.01. The first-order valence-electron chi connectivity index (χ1n) is 13.8. The van der Waals surface area contributed by atoms with Gasteiger partial charge in [-0.3, -0.25) is 19.3 Å². The molecule has 9 nitrogen and oxygen atoms in total. The number of aromatic nitrogens is 2. The summed E-state index contributed by atoms with van der Waals surface area (Å²) in [4.78, 5) is 43.5. The van der Waals surface area contributed by atoms with Crippen LogP contribution in [-0.2, 0) is 20.0 Å². The zero-order valence-corrected chi connectivity index (χ0v) is 24.0. The van der Waals surface area contributed by atoms with Crippen molar-refractivity contribution in [1.82, 2.24) is 19.8 Å². The van der Waals surface area contributed by atoms with Crippen LogP contribution in [0.5, 0.6) is 11.5 Å². The molecule has 0 unspecified atom stereocenters. The largest absolute Gasteiger partial charge is 0.493 e. The summed E-state index contributed by atoms with van der Waals surface area (Å²) in [5, 5.41) is 3.43. The standard InChI is InChI=1S/C33H34N4O5/c1-36-28(18-22-7-5-4-6-8-22)32(39)35-27(33(36)40)17-23-9-11-24(12-10-23)31(38)34-14-16-37-15-13-25-19-29(41-2)30(42-3)20-26(25)21-37/h4-12,17-20H,13-16,21H2,1-3H3,(H,34,38)(H,35,39). The van der Waals surface area contributed by atoms with Crippen molar-refractivity contribution < 1.29 is 14.3 Å². The second-order valence-electron chi connectivity index (χ2n) is 10.2. The predicted octanol–water partition coefficient (Wildman–Crippen LogP) is 1.54. The van der Waals surface area contributed by atoms with Gasteiger partial charge in [-0.15, -0.1) is 0 Å². The van der Waals surface area contributed by atoms with Gasteiger partial charge in [0.2, 0.25) is 0 Å². The minimum atomic E-state index is -0.362. The zero-order valence-electron chi connectivity index (χ0n) is 24.0. The normalized spacial score (nSPS) is 14.0. The van der Waals surface area contributed by atoms with Crippen LogP contribution in [-0.4, -0.2) is 54.2 Å². The molecule has 4 aromatic rings. The number of H-pyrrole nitrogens is 1. The van der Waals surface area contributed by atoms with Crippen molar-refractivity contribution in [2.24, 2.45) is 7.05 Å². The van der Waals surface area contributed by atoms with Gasteiger partial charge in [-0.1, -0.05) is 42.5 Å². The Hall–Kier alpha value is -4.89. The Morgan fingerprint density at radius 2 is 1.60 bits per heavy atom. The number of ether oxygens (including phenoxy) is 2. The van der Waals surface area contributed by atoms with E-state index in [0.717, 1.165) is 43.1 Å². The van der Waals surface area contributed by atoms with Gasteiger partial charge in [-0.2, -0.15) is 0 Å². The van der Waals surface area contributed by atoms with Crippen LogP contribution in [0.2, 0.25) is 0 Å². The number of carbonyl (C=O) groups excluding carboxylic acids is 1. The van der Waals surface area contributed by atoms with Crippen molar-refractivity contribution in [3.63, 3.8) is 0 Å². The zero-order chi connectivity index (χ0) is 29.6. The Labute approximate surface area is 243 Å². The molecule has 0 fully saturated rings. The molecule has 2 heterocycles. The molecule has 42 heavy (non-hydrogen) atoms. The number of rotatable bonds is 8. The number of nitrogens with zero attached hydrogens (tertiary/aromatic N) is 2. The van der Waals surface area contributed by atoms with E-state index >= 15 is 0 Å². The molecule has 216 valence electrons. The quantitative estimate of drug-likeness (QED) is 0.335. The molecule has 0 bridgehead atoms. The number of methoxy groups -OCH3 is 2. The maximum Gasteiger partial charge on any atom is 0.274 e. The van der Waals surface area contributed by atoms with E-state index in [1.54, 1.807) is 57.7 Å². The van der Waals surface area contributed by atoms with Crippen LogP contribution in [0.4, 0.5) is 0 Å². The van der Waals surface area contributed by atoms with Gasteiger partial charge in [-0.25, -0.2) is 0 Å². The molecule has 0 atom stereocenters. The topological polar surface area (TPSA) is 106 Å². The molecule has 3 aromatic carbocycles. The fraction of sp³-hybridized carbons (Fsp3) is 0.242. The highest BCUT2D eigenvalue weighted by Gasteiger charge is 2.19. The third-order valence-corrected chi connectivity index (χ3v) is 7.47. The second-order valence-corrected chi connectivity index (χ2v) is 10.2. The van der Waals surface area contributed by atoms with Crippen LogP contribution in [0, 0.1) is 0 Å². The molecule has 0 saturated heterocycles. The summed E-state index contributed by atoms with van der Waals surface area (Å²) in [6, 6.07) is 20.3. The summed E-state index contributed by atoms with van der Waals surface area (Å²) < 4.78 is 12.2. The van der Waals surface area contributed by atoms with Crippen LogP contribution in [0.3, 0.4) is 0 Å². The maximum atomic E-state index is 13.0. The van der Waals surface area contributed by atoms with Crippen molar-refractivity contribution in [2.75, 3.05) is 33.9 Å². The molecule has 0 spiro atoms. The van der Waals surface area contributed by atoms with Gasteiger partial charge < -0.3 is 24.3 Å². The summed E-state index contributed by atoms with van der Waals surface area (Å²) in [7, 11) is 4.85. The lowest BCUT2D eigenvalue weighted by molar-refractivity contribution is 0.0947. The van der Waals surface area contributed by atoms with Crippen molar-refractivity contribution in [2.45, 2.75) is 13.0 Å². The number of nitrogens with one attached hydrogen (secondary N) is 2. The fourth-order valence-corrected chi connectivity index (χ4v) is 5.11. The lowest BCUT2D eigenvalue weighted by Gasteiger charge is -2.29. The number of amides is 1. The molecule has 2 N–H and O–H groups in total. The van der Waals surface area contributed by atoms with Gasteiger partial charge in [0.1, 0.15) is 10.7 Å². The van der Waals surface area contributed by atoms with Crippen LogP contribution in [0.25, 0.3) is 12.2 Å². The highest BCUT2D eigenvalue weighted by Crippen LogP contribution is 2.33. The number of benzene rings is 3. The highest BCUT2D eigenvalue weighted by atomic mass is 16.5. The minimum Gasteiger partial charge on any atom is -0.493 e. The van der Waals surface area contributed by atoms with E-state index in [1.165, 1.54) is 15.7 Å². The molecule has 1 aliphatic rings. The summed E-state index contributed by atoms with van der Waals surface area (Å²) in [5.41, 5.74) is 3.81.